The Bertz CT molecular complexity index is 2310. The maximum atomic E-state index is 14.9. The topological polar surface area (TPSA) is 154 Å². The summed E-state index contributed by atoms with van der Waals surface area (Å²) in [4.78, 5) is 16.1. The number of amides is 2. The number of fused-ring (bicyclic) bond motifs is 2. The number of halogens is 1. The van der Waals surface area contributed by atoms with Crippen LogP contribution < -0.4 is 25.0 Å². The summed E-state index contributed by atoms with van der Waals surface area (Å²) in [6, 6.07) is 17.5. The number of anilines is 2. The molecule has 2 N–H and O–H groups in total. The number of hydrogen-bond acceptors (Lipinski definition) is 10. The molecule has 0 bridgehead atoms. The van der Waals surface area contributed by atoms with E-state index in [1.807, 2.05) is 67.8 Å². The fourth-order valence-electron chi connectivity index (χ4n) is 7.55. The lowest BCUT2D eigenvalue weighted by Gasteiger charge is -2.39. The van der Waals surface area contributed by atoms with E-state index in [0.29, 0.717) is 47.9 Å². The molecule has 14 nitrogen and oxygen atoms in total. The first kappa shape index (κ1) is 39.0. The van der Waals surface area contributed by atoms with Crippen molar-refractivity contribution in [1.82, 2.24) is 29.7 Å². The Morgan fingerprint density at radius 1 is 0.929 bits per heavy atom. The van der Waals surface area contributed by atoms with E-state index in [9.17, 15) is 17.6 Å². The monoisotopic (exact) mass is 788 g/mol. The lowest BCUT2D eigenvalue weighted by molar-refractivity contribution is 0.171. The van der Waals surface area contributed by atoms with Crippen molar-refractivity contribution >= 4 is 33.6 Å². The molecule has 298 valence electrons. The van der Waals surface area contributed by atoms with Crippen molar-refractivity contribution in [3.63, 3.8) is 0 Å². The number of urea groups is 1. The van der Waals surface area contributed by atoms with Crippen LogP contribution in [0, 0.1) is 5.82 Å². The number of piperidine rings is 1. The standard InChI is InChI=1S/C40H49FN8O6S/c1-25-10-9-11-26(2)48(25)39-45-44-36-17-14-29(24-47(36)39)55-34-16-15-33(31-12-7-8-13-32(31)34)42-38(50)43-37-23-35(40(3,4)5)46-49(37)28-20-27(41)21-30(22-28)53-18-19-54-56(6,51)52/h7-8,12-14,17,20-26,33-34H,9-11,15-16,18-19H2,1-6H3,(H2,42,43,50)/t25-,26+,33?,34-/m1/s1. The molecule has 1 unspecified atom stereocenters. The number of aromatic nitrogens is 5. The SMILES string of the molecule is C[C@@H]1CCC[C@H](C)N1c1nnc2ccc(O[C@@H]3CCC(NC(=O)Nc4cc(C(C)(C)C)nn4-c4cc(F)cc(OCCOS(C)(=O)=O)c4)c4ccccc43)cn12. The molecule has 1 aliphatic carbocycles. The van der Waals surface area contributed by atoms with Gasteiger partial charge in [-0.1, -0.05) is 45.0 Å². The van der Waals surface area contributed by atoms with Crippen molar-refractivity contribution in [2.75, 3.05) is 29.7 Å². The molecule has 56 heavy (non-hydrogen) atoms. The van der Waals surface area contributed by atoms with E-state index < -0.39 is 27.4 Å². The fourth-order valence-corrected chi connectivity index (χ4v) is 7.92. The second kappa shape index (κ2) is 15.7. The minimum atomic E-state index is -3.65. The van der Waals surface area contributed by atoms with Gasteiger partial charge in [-0.15, -0.1) is 10.2 Å². The molecule has 1 aliphatic heterocycles. The van der Waals surface area contributed by atoms with E-state index in [0.717, 1.165) is 41.8 Å². The van der Waals surface area contributed by atoms with Crippen LogP contribution in [0.3, 0.4) is 0 Å². The van der Waals surface area contributed by atoms with Gasteiger partial charge in [0.2, 0.25) is 5.95 Å². The Labute approximate surface area is 326 Å². The first-order valence-corrected chi connectivity index (χ1v) is 20.8. The molecule has 2 aromatic carbocycles. The van der Waals surface area contributed by atoms with Gasteiger partial charge in [0.15, 0.2) is 5.65 Å². The van der Waals surface area contributed by atoms with E-state index in [1.54, 1.807) is 12.1 Å². The zero-order valence-corrected chi connectivity index (χ0v) is 33.3. The Morgan fingerprint density at radius 2 is 1.68 bits per heavy atom. The van der Waals surface area contributed by atoms with Crippen molar-refractivity contribution in [3.8, 4) is 17.2 Å². The minimum absolute atomic E-state index is 0.125. The number of benzene rings is 2. The van der Waals surface area contributed by atoms with Gasteiger partial charge >= 0.3 is 6.03 Å². The molecular formula is C40H49FN8O6S. The number of ether oxygens (including phenoxy) is 2. The molecular weight excluding hydrogens is 740 g/mol. The second-order valence-electron chi connectivity index (χ2n) is 15.7. The van der Waals surface area contributed by atoms with E-state index in [4.69, 9.17) is 18.8 Å². The van der Waals surface area contributed by atoms with Crippen LogP contribution in [0.15, 0.2) is 66.9 Å². The Morgan fingerprint density at radius 3 is 2.41 bits per heavy atom. The summed E-state index contributed by atoms with van der Waals surface area (Å²) in [5, 5.41) is 19.8. The summed E-state index contributed by atoms with van der Waals surface area (Å²) in [5.41, 5.74) is 3.28. The van der Waals surface area contributed by atoms with Crippen molar-refractivity contribution in [3.05, 3.63) is 89.5 Å². The molecule has 3 aromatic heterocycles. The predicted octanol–water partition coefficient (Wildman–Crippen LogP) is 7.25. The van der Waals surface area contributed by atoms with Gasteiger partial charge in [-0.05, 0) is 75.3 Å². The van der Waals surface area contributed by atoms with Crippen molar-refractivity contribution in [2.45, 2.75) is 96.4 Å². The third kappa shape index (κ3) is 8.76. The van der Waals surface area contributed by atoms with Crippen molar-refractivity contribution in [2.24, 2.45) is 0 Å². The Kier molecular flexibility index (Phi) is 11.0. The summed E-state index contributed by atoms with van der Waals surface area (Å²) in [7, 11) is -3.65. The Balaban J connectivity index is 1.07. The molecule has 0 saturated carbocycles. The van der Waals surface area contributed by atoms with Gasteiger partial charge in [0, 0.05) is 35.7 Å². The summed E-state index contributed by atoms with van der Waals surface area (Å²) in [6.45, 7) is 10.1. The number of carbonyl (C=O) groups excluding carboxylic acids is 1. The van der Waals surface area contributed by atoms with Crippen molar-refractivity contribution in [1.29, 1.82) is 0 Å². The quantitative estimate of drug-likeness (QED) is 0.103. The van der Waals surface area contributed by atoms with Gasteiger partial charge in [-0.3, -0.25) is 13.9 Å². The van der Waals surface area contributed by atoms with Crippen LogP contribution in [0.25, 0.3) is 11.3 Å². The largest absolute Gasteiger partial charge is 0.491 e. The average Bonchev–Trinajstić information content (AvgIpc) is 3.75. The zero-order chi connectivity index (χ0) is 39.8. The summed E-state index contributed by atoms with van der Waals surface area (Å²) < 4.78 is 57.9. The third-order valence-corrected chi connectivity index (χ3v) is 10.9. The highest BCUT2D eigenvalue weighted by Gasteiger charge is 2.32. The molecule has 2 amide bonds. The van der Waals surface area contributed by atoms with Crippen LogP contribution >= 0.6 is 0 Å². The molecule has 1 saturated heterocycles. The van der Waals surface area contributed by atoms with E-state index in [2.05, 4.69) is 39.6 Å². The smallest absolute Gasteiger partial charge is 0.320 e. The lowest BCUT2D eigenvalue weighted by Crippen LogP contribution is -2.44. The highest BCUT2D eigenvalue weighted by molar-refractivity contribution is 7.85. The summed E-state index contributed by atoms with van der Waals surface area (Å²) in [6.07, 6.45) is 7.37. The van der Waals surface area contributed by atoms with Crippen LogP contribution in [-0.2, 0) is 19.7 Å². The first-order chi connectivity index (χ1) is 26.6. The van der Waals surface area contributed by atoms with Gasteiger partial charge < -0.3 is 19.7 Å². The fraction of sp³-hybridized carbons (Fsp3) is 0.450. The maximum absolute atomic E-state index is 14.9. The molecule has 4 heterocycles. The average molecular weight is 789 g/mol. The van der Waals surface area contributed by atoms with Crippen molar-refractivity contribution < 1.29 is 31.3 Å². The molecule has 7 rings (SSSR count). The number of nitrogens with one attached hydrogen (secondary N) is 2. The van der Waals surface area contributed by atoms with Gasteiger partial charge in [0.1, 0.15) is 42.5 Å². The molecule has 1 fully saturated rings. The summed E-state index contributed by atoms with van der Waals surface area (Å²) in [5.74, 6) is 1.39. The number of rotatable bonds is 11. The minimum Gasteiger partial charge on any atom is -0.491 e. The first-order valence-electron chi connectivity index (χ1n) is 19.0. The van der Waals surface area contributed by atoms with Crippen LogP contribution in [0.2, 0.25) is 0 Å². The Hall–Kier alpha value is -5.22. The number of carbonyl (C=O) groups is 1. The van der Waals surface area contributed by atoms with Gasteiger partial charge in [0.05, 0.1) is 29.9 Å². The van der Waals surface area contributed by atoms with E-state index >= 15 is 0 Å². The summed E-state index contributed by atoms with van der Waals surface area (Å²) >= 11 is 0. The molecule has 0 radical (unpaired) electrons. The van der Waals surface area contributed by atoms with E-state index in [-0.39, 0.29) is 31.1 Å². The molecule has 5 aromatic rings. The normalized spacial score (nSPS) is 20.1. The van der Waals surface area contributed by atoms with E-state index in [1.165, 1.54) is 23.2 Å². The lowest BCUT2D eigenvalue weighted by atomic mass is 9.85. The van der Waals surface area contributed by atoms with Gasteiger partial charge in [-0.25, -0.2) is 13.9 Å². The molecule has 0 spiro atoms. The highest BCUT2D eigenvalue weighted by atomic mass is 32.2. The highest BCUT2D eigenvalue weighted by Crippen LogP contribution is 2.39. The number of nitrogens with zero attached hydrogens (tertiary/aromatic N) is 6. The molecule has 16 heteroatoms. The maximum Gasteiger partial charge on any atom is 0.320 e. The van der Waals surface area contributed by atoms with Gasteiger partial charge in [-0.2, -0.15) is 13.5 Å². The van der Waals surface area contributed by atoms with Crippen LogP contribution in [0.5, 0.6) is 11.5 Å². The van der Waals surface area contributed by atoms with Gasteiger partial charge in [0.25, 0.3) is 10.1 Å². The van der Waals surface area contributed by atoms with Crippen LogP contribution in [-0.4, -0.2) is 70.4 Å². The third-order valence-electron chi connectivity index (χ3n) is 10.3. The number of hydrogen-bond donors (Lipinski definition) is 2. The number of pyridine rings is 1. The van der Waals surface area contributed by atoms with Crippen LogP contribution in [0.4, 0.5) is 21.0 Å². The second-order valence-corrected chi connectivity index (χ2v) is 17.3. The molecule has 2 aliphatic rings. The zero-order valence-electron chi connectivity index (χ0n) is 32.5. The predicted molar refractivity (Wildman–Crippen MR) is 211 cm³/mol. The van der Waals surface area contributed by atoms with Crippen LogP contribution in [0.1, 0.15) is 95.7 Å². The molecule has 4 atom stereocenters.